The molecule has 2 N–H and O–H groups in total. The highest BCUT2D eigenvalue weighted by atomic mass is 16.1. The zero-order chi connectivity index (χ0) is 14.7. The predicted molar refractivity (Wildman–Crippen MR) is 82.8 cm³/mol. The lowest BCUT2D eigenvalue weighted by Gasteiger charge is -2.06. The molecule has 1 amide bonds. The molecule has 0 bridgehead atoms. The number of nitrogens with one attached hydrogen (secondary N) is 2. The van der Waals surface area contributed by atoms with Crippen molar-refractivity contribution in [3.63, 3.8) is 0 Å². The number of carbonyl (C=O) groups is 1. The van der Waals surface area contributed by atoms with Gasteiger partial charge >= 0.3 is 0 Å². The lowest BCUT2D eigenvalue weighted by molar-refractivity contribution is -0.121. The summed E-state index contributed by atoms with van der Waals surface area (Å²) in [6.07, 6.45) is 6.32. The third kappa shape index (κ3) is 3.42. The fraction of sp³-hybridized carbons (Fsp3) is 0.500. The van der Waals surface area contributed by atoms with Crippen LogP contribution in [0.15, 0.2) is 24.5 Å². The van der Waals surface area contributed by atoms with E-state index >= 15 is 0 Å². The van der Waals surface area contributed by atoms with E-state index in [4.69, 9.17) is 0 Å². The molecule has 21 heavy (non-hydrogen) atoms. The van der Waals surface area contributed by atoms with Gasteiger partial charge in [-0.25, -0.2) is 4.98 Å². The largest absolute Gasteiger partial charge is 0.354 e. The van der Waals surface area contributed by atoms with Crippen molar-refractivity contribution in [2.24, 2.45) is 5.92 Å². The number of pyridine rings is 1. The Morgan fingerprint density at radius 3 is 3.10 bits per heavy atom. The molecule has 0 saturated heterocycles. The highest BCUT2D eigenvalue weighted by Crippen LogP contribution is 2.27. The molecular weight excluding hydrogens is 264 g/mol. The van der Waals surface area contributed by atoms with E-state index in [0.29, 0.717) is 12.5 Å². The summed E-state index contributed by atoms with van der Waals surface area (Å²) in [6, 6.07) is 4.00. The summed E-state index contributed by atoms with van der Waals surface area (Å²) >= 11 is 0. The number of rotatable bonds is 7. The number of nitrogens with zero attached hydrogens (tertiary/aromatic N) is 2. The van der Waals surface area contributed by atoms with Gasteiger partial charge in [-0.3, -0.25) is 4.79 Å². The van der Waals surface area contributed by atoms with Crippen LogP contribution in [0, 0.1) is 5.92 Å². The highest BCUT2D eigenvalue weighted by molar-refractivity contribution is 5.83. The second kappa shape index (κ2) is 6.26. The van der Waals surface area contributed by atoms with Gasteiger partial charge in [-0.1, -0.05) is 6.92 Å². The average molecular weight is 286 g/mol. The number of amides is 1. The fourth-order valence-corrected chi connectivity index (χ4v) is 2.51. The summed E-state index contributed by atoms with van der Waals surface area (Å²) in [4.78, 5) is 16.5. The molecule has 5 heteroatoms. The molecule has 1 saturated carbocycles. The number of hydrogen-bond donors (Lipinski definition) is 2. The van der Waals surface area contributed by atoms with Gasteiger partial charge < -0.3 is 15.2 Å². The Labute approximate surface area is 124 Å². The molecule has 5 nitrogen and oxygen atoms in total. The molecule has 1 fully saturated rings. The molecule has 0 spiro atoms. The van der Waals surface area contributed by atoms with Gasteiger partial charge in [0.2, 0.25) is 5.91 Å². The van der Waals surface area contributed by atoms with Crippen LogP contribution in [-0.4, -0.2) is 28.5 Å². The zero-order valence-corrected chi connectivity index (χ0v) is 12.4. The highest BCUT2D eigenvalue weighted by Gasteiger charge is 2.21. The molecule has 3 rings (SSSR count). The summed E-state index contributed by atoms with van der Waals surface area (Å²) in [5.74, 6) is 0.775. The fourth-order valence-electron chi connectivity index (χ4n) is 2.51. The molecule has 112 valence electrons. The lowest BCUT2D eigenvalue weighted by Crippen LogP contribution is -2.29. The number of fused-ring (bicyclic) bond motifs is 1. The third-order valence-electron chi connectivity index (χ3n) is 3.88. The van der Waals surface area contributed by atoms with Crippen molar-refractivity contribution in [1.29, 1.82) is 0 Å². The van der Waals surface area contributed by atoms with E-state index in [1.165, 1.54) is 18.4 Å². The third-order valence-corrected chi connectivity index (χ3v) is 3.88. The first-order valence-corrected chi connectivity index (χ1v) is 7.68. The van der Waals surface area contributed by atoms with Gasteiger partial charge in [-0.15, -0.1) is 0 Å². The molecule has 0 unspecified atom stereocenters. The summed E-state index contributed by atoms with van der Waals surface area (Å²) < 4.78 is 1.95. The van der Waals surface area contributed by atoms with Crippen molar-refractivity contribution in [2.75, 3.05) is 13.1 Å². The Morgan fingerprint density at radius 1 is 1.48 bits per heavy atom. The molecule has 0 aromatic carbocycles. The normalized spacial score (nSPS) is 14.5. The Hall–Kier alpha value is -1.88. The second-order valence-electron chi connectivity index (χ2n) is 5.68. The molecule has 2 aromatic heterocycles. The van der Waals surface area contributed by atoms with Crippen LogP contribution in [-0.2, 0) is 17.9 Å². The maximum absolute atomic E-state index is 12.0. The molecule has 0 aliphatic heterocycles. The topological polar surface area (TPSA) is 59.0 Å². The summed E-state index contributed by atoms with van der Waals surface area (Å²) in [5.41, 5.74) is 2.07. The van der Waals surface area contributed by atoms with Crippen LogP contribution < -0.4 is 10.6 Å². The SMILES string of the molecule is CCNCc1cn(CC(=O)NCC2CC2)c2ncccc12. The van der Waals surface area contributed by atoms with Crippen molar-refractivity contribution in [3.8, 4) is 0 Å². The van der Waals surface area contributed by atoms with Gasteiger partial charge in [-0.2, -0.15) is 0 Å². The predicted octanol–water partition coefficient (Wildman–Crippen LogP) is 1.67. The minimum Gasteiger partial charge on any atom is -0.354 e. The van der Waals surface area contributed by atoms with Crippen LogP contribution in [0.3, 0.4) is 0 Å². The van der Waals surface area contributed by atoms with E-state index in [1.54, 1.807) is 6.20 Å². The standard InChI is InChI=1S/C16H22N4O/c1-2-17-9-13-10-20(16-14(13)4-3-7-18-16)11-15(21)19-8-12-5-6-12/h3-4,7,10,12,17H,2,5-6,8-9,11H2,1H3,(H,19,21). The van der Waals surface area contributed by atoms with Gasteiger partial charge in [-0.05, 0) is 43.0 Å². The van der Waals surface area contributed by atoms with E-state index in [-0.39, 0.29) is 5.91 Å². The van der Waals surface area contributed by atoms with Crippen molar-refractivity contribution in [3.05, 3.63) is 30.1 Å². The first-order valence-electron chi connectivity index (χ1n) is 7.68. The quantitative estimate of drug-likeness (QED) is 0.814. The zero-order valence-electron chi connectivity index (χ0n) is 12.4. The molecule has 2 aromatic rings. The molecule has 0 radical (unpaired) electrons. The monoisotopic (exact) mass is 286 g/mol. The van der Waals surface area contributed by atoms with Crippen LogP contribution in [0.25, 0.3) is 11.0 Å². The van der Waals surface area contributed by atoms with E-state index < -0.39 is 0 Å². The molecule has 2 heterocycles. The maximum Gasteiger partial charge on any atom is 0.240 e. The van der Waals surface area contributed by atoms with Crippen molar-refractivity contribution < 1.29 is 4.79 Å². The Balaban J connectivity index is 1.75. The van der Waals surface area contributed by atoms with E-state index in [2.05, 4.69) is 28.6 Å². The van der Waals surface area contributed by atoms with Crippen LogP contribution in [0.4, 0.5) is 0 Å². The lowest BCUT2D eigenvalue weighted by atomic mass is 10.2. The van der Waals surface area contributed by atoms with Crippen LogP contribution >= 0.6 is 0 Å². The Bertz CT molecular complexity index is 630. The van der Waals surface area contributed by atoms with Crippen LogP contribution in [0.1, 0.15) is 25.3 Å². The number of aromatic nitrogens is 2. The second-order valence-corrected chi connectivity index (χ2v) is 5.68. The van der Waals surface area contributed by atoms with Gasteiger partial charge in [0.05, 0.1) is 0 Å². The number of carbonyl (C=O) groups excluding carboxylic acids is 1. The van der Waals surface area contributed by atoms with Gasteiger partial charge in [0.1, 0.15) is 12.2 Å². The smallest absolute Gasteiger partial charge is 0.240 e. The summed E-state index contributed by atoms with van der Waals surface area (Å²) in [7, 11) is 0. The van der Waals surface area contributed by atoms with Crippen molar-refractivity contribution >= 4 is 16.9 Å². The van der Waals surface area contributed by atoms with Crippen LogP contribution in [0.5, 0.6) is 0 Å². The minimum atomic E-state index is 0.0689. The first-order chi connectivity index (χ1) is 10.3. The van der Waals surface area contributed by atoms with Crippen molar-refractivity contribution in [2.45, 2.75) is 32.9 Å². The maximum atomic E-state index is 12.0. The molecule has 1 aliphatic rings. The van der Waals surface area contributed by atoms with Crippen LogP contribution in [0.2, 0.25) is 0 Å². The summed E-state index contributed by atoms with van der Waals surface area (Å²) in [6.45, 7) is 4.97. The minimum absolute atomic E-state index is 0.0689. The summed E-state index contributed by atoms with van der Waals surface area (Å²) in [5, 5.41) is 7.46. The van der Waals surface area contributed by atoms with Gasteiger partial charge in [0, 0.05) is 30.9 Å². The van der Waals surface area contributed by atoms with E-state index in [1.807, 2.05) is 16.8 Å². The molecule has 0 atom stereocenters. The molecular formula is C16H22N4O. The van der Waals surface area contributed by atoms with Crippen molar-refractivity contribution in [1.82, 2.24) is 20.2 Å². The Kier molecular flexibility index (Phi) is 4.20. The van der Waals surface area contributed by atoms with E-state index in [0.717, 1.165) is 30.7 Å². The van der Waals surface area contributed by atoms with Gasteiger partial charge in [0.25, 0.3) is 0 Å². The van der Waals surface area contributed by atoms with E-state index in [9.17, 15) is 4.79 Å². The molecule has 1 aliphatic carbocycles. The average Bonchev–Trinajstić information content (AvgIpc) is 3.27. The Morgan fingerprint density at radius 2 is 2.33 bits per heavy atom. The number of hydrogen-bond acceptors (Lipinski definition) is 3. The first kappa shape index (κ1) is 14.1. The van der Waals surface area contributed by atoms with Gasteiger partial charge in [0.15, 0.2) is 0 Å².